The Hall–Kier alpha value is -2.74. The van der Waals surface area contributed by atoms with Gasteiger partial charge in [0.25, 0.3) is 0 Å². The molecule has 1 aromatic heterocycles. The zero-order valence-electron chi connectivity index (χ0n) is 15.9. The van der Waals surface area contributed by atoms with Crippen molar-refractivity contribution in [2.45, 2.75) is 39.0 Å². The van der Waals surface area contributed by atoms with Gasteiger partial charge < -0.3 is 14.8 Å². The molecule has 1 aromatic carbocycles. The van der Waals surface area contributed by atoms with Crippen LogP contribution in [0.4, 0.5) is 5.13 Å². The number of Topliss-reactive ketones (excluding diaryl/α,β-unsaturated/α-hetero) is 2. The predicted molar refractivity (Wildman–Crippen MR) is 106 cm³/mol. The summed E-state index contributed by atoms with van der Waals surface area (Å²) in [5.41, 5.74) is 1.34. The number of fused-ring (bicyclic) bond motifs is 1. The molecule has 0 radical (unpaired) electrons. The van der Waals surface area contributed by atoms with Crippen molar-refractivity contribution >= 4 is 33.9 Å². The second-order valence-corrected chi connectivity index (χ2v) is 7.49. The summed E-state index contributed by atoms with van der Waals surface area (Å²) >= 11 is 1.25. The molecular weight excluding hydrogens is 380 g/mol. The maximum absolute atomic E-state index is 12.1. The third-order valence-corrected chi connectivity index (χ3v) is 5.44. The summed E-state index contributed by atoms with van der Waals surface area (Å²) in [4.78, 5) is 40.4. The van der Waals surface area contributed by atoms with Crippen molar-refractivity contribution in [2.24, 2.45) is 0 Å². The Morgan fingerprint density at radius 3 is 2.79 bits per heavy atom. The van der Waals surface area contributed by atoms with Gasteiger partial charge in [0.2, 0.25) is 5.91 Å². The number of nitrogens with one attached hydrogen (secondary N) is 1. The van der Waals surface area contributed by atoms with Crippen LogP contribution in [-0.2, 0) is 11.2 Å². The van der Waals surface area contributed by atoms with E-state index in [4.69, 9.17) is 9.47 Å². The molecule has 7 nitrogen and oxygen atoms in total. The highest BCUT2D eigenvalue weighted by molar-refractivity contribution is 7.17. The lowest BCUT2D eigenvalue weighted by atomic mass is 10.0. The van der Waals surface area contributed by atoms with Gasteiger partial charge in [-0.15, -0.1) is 0 Å². The summed E-state index contributed by atoms with van der Waals surface area (Å²) in [6.07, 6.45) is 2.93. The highest BCUT2D eigenvalue weighted by Gasteiger charge is 2.22. The van der Waals surface area contributed by atoms with Crippen LogP contribution in [0.5, 0.6) is 11.5 Å². The number of aromatic nitrogens is 1. The van der Waals surface area contributed by atoms with E-state index < -0.39 is 0 Å². The van der Waals surface area contributed by atoms with E-state index in [1.54, 1.807) is 18.2 Å². The van der Waals surface area contributed by atoms with Crippen LogP contribution in [0, 0.1) is 0 Å². The molecule has 0 spiro atoms. The molecular formula is C20H22N2O5S. The minimum Gasteiger partial charge on any atom is -0.493 e. The molecule has 28 heavy (non-hydrogen) atoms. The van der Waals surface area contributed by atoms with Gasteiger partial charge in [0, 0.05) is 18.4 Å². The van der Waals surface area contributed by atoms with Gasteiger partial charge in [-0.25, -0.2) is 4.98 Å². The number of methoxy groups -OCH3 is 1. The van der Waals surface area contributed by atoms with Crippen LogP contribution in [0.2, 0.25) is 0 Å². The van der Waals surface area contributed by atoms with E-state index in [2.05, 4.69) is 10.3 Å². The zero-order valence-corrected chi connectivity index (χ0v) is 16.7. The number of benzene rings is 1. The molecule has 0 saturated carbocycles. The average Bonchev–Trinajstić information content (AvgIpc) is 3.09. The third kappa shape index (κ3) is 4.75. The van der Waals surface area contributed by atoms with Crippen LogP contribution in [0.15, 0.2) is 18.2 Å². The Morgan fingerprint density at radius 2 is 2.07 bits per heavy atom. The normalized spacial score (nSPS) is 13.0. The number of rotatable bonds is 8. The van der Waals surface area contributed by atoms with Gasteiger partial charge in [-0.05, 0) is 44.4 Å². The van der Waals surface area contributed by atoms with Crippen molar-refractivity contribution in [3.63, 3.8) is 0 Å². The van der Waals surface area contributed by atoms with Gasteiger partial charge in [0.05, 0.1) is 24.3 Å². The fraction of sp³-hybridized carbons (Fsp3) is 0.400. The minimum atomic E-state index is -0.166. The fourth-order valence-corrected chi connectivity index (χ4v) is 3.92. The first-order valence-electron chi connectivity index (χ1n) is 9.12. The van der Waals surface area contributed by atoms with Crippen molar-refractivity contribution in [1.82, 2.24) is 4.98 Å². The van der Waals surface area contributed by atoms with Gasteiger partial charge in [-0.2, -0.15) is 0 Å². The molecule has 0 bridgehead atoms. The number of amides is 1. The summed E-state index contributed by atoms with van der Waals surface area (Å²) in [7, 11) is 1.51. The first-order valence-corrected chi connectivity index (χ1v) is 9.94. The van der Waals surface area contributed by atoms with Crippen molar-refractivity contribution in [3.8, 4) is 11.5 Å². The smallest absolute Gasteiger partial charge is 0.226 e. The molecule has 0 atom stereocenters. The molecule has 1 N–H and O–H groups in total. The lowest BCUT2D eigenvalue weighted by Gasteiger charge is -2.11. The Balaban J connectivity index is 1.47. The van der Waals surface area contributed by atoms with Gasteiger partial charge in [-0.3, -0.25) is 14.4 Å². The number of hydrogen-bond acceptors (Lipinski definition) is 7. The highest BCUT2D eigenvalue weighted by Crippen LogP contribution is 2.30. The molecule has 2 aromatic rings. The second-order valence-electron chi connectivity index (χ2n) is 6.49. The summed E-state index contributed by atoms with van der Waals surface area (Å²) in [6.45, 7) is 1.82. The van der Waals surface area contributed by atoms with Crippen LogP contribution >= 0.6 is 11.3 Å². The molecule has 8 heteroatoms. The third-order valence-electron chi connectivity index (χ3n) is 4.39. The number of ketones is 2. The first kappa shape index (κ1) is 20.0. The lowest BCUT2D eigenvalue weighted by molar-refractivity contribution is -0.116. The highest BCUT2D eigenvalue weighted by atomic mass is 32.1. The van der Waals surface area contributed by atoms with E-state index in [9.17, 15) is 14.4 Å². The van der Waals surface area contributed by atoms with Crippen molar-refractivity contribution in [2.75, 3.05) is 19.0 Å². The molecule has 0 saturated heterocycles. The Labute approximate surface area is 167 Å². The molecule has 3 rings (SSSR count). The first-order chi connectivity index (χ1) is 13.5. The maximum atomic E-state index is 12.1. The largest absolute Gasteiger partial charge is 0.493 e. The molecule has 0 unspecified atom stereocenters. The van der Waals surface area contributed by atoms with Crippen LogP contribution in [0.25, 0.3) is 0 Å². The van der Waals surface area contributed by atoms with E-state index in [0.29, 0.717) is 46.5 Å². The summed E-state index contributed by atoms with van der Waals surface area (Å²) in [5, 5.41) is 3.24. The zero-order chi connectivity index (χ0) is 20.1. The molecule has 0 aliphatic heterocycles. The van der Waals surface area contributed by atoms with Crippen molar-refractivity contribution in [1.29, 1.82) is 0 Å². The molecule has 1 aliphatic rings. The number of hydrogen-bond donors (Lipinski definition) is 1. The number of anilines is 1. The van der Waals surface area contributed by atoms with E-state index in [1.807, 2.05) is 0 Å². The lowest BCUT2D eigenvalue weighted by Crippen LogP contribution is -2.13. The minimum absolute atomic E-state index is 0.0490. The predicted octanol–water partition coefficient (Wildman–Crippen LogP) is 3.67. The molecule has 1 aliphatic carbocycles. The van der Waals surface area contributed by atoms with Crippen LogP contribution in [-0.4, -0.2) is 36.2 Å². The Kier molecular flexibility index (Phi) is 6.41. The van der Waals surface area contributed by atoms with Crippen LogP contribution in [0.1, 0.15) is 58.3 Å². The summed E-state index contributed by atoms with van der Waals surface area (Å²) in [5.74, 6) is 0.903. The maximum Gasteiger partial charge on any atom is 0.226 e. The standard InChI is InChI=1S/C20H22N2O5S/c1-12(23)13-8-9-16(17(11-13)26-2)27-10-4-7-18(25)22-20-21-14-5-3-6-15(24)19(14)28-20/h8-9,11H,3-7,10H2,1-2H3,(H,21,22,25). The van der Waals surface area contributed by atoms with E-state index >= 15 is 0 Å². The van der Waals surface area contributed by atoms with Crippen LogP contribution < -0.4 is 14.8 Å². The summed E-state index contributed by atoms with van der Waals surface area (Å²) < 4.78 is 10.9. The van der Waals surface area contributed by atoms with Gasteiger partial charge in [-0.1, -0.05) is 11.3 Å². The number of carbonyl (C=O) groups is 3. The monoisotopic (exact) mass is 402 g/mol. The summed E-state index contributed by atoms with van der Waals surface area (Å²) in [6, 6.07) is 5.00. The quantitative estimate of drug-likeness (QED) is 0.535. The van der Waals surface area contributed by atoms with E-state index in [0.717, 1.165) is 18.5 Å². The second kappa shape index (κ2) is 8.97. The van der Waals surface area contributed by atoms with Gasteiger partial charge in [0.15, 0.2) is 28.2 Å². The average molecular weight is 402 g/mol. The van der Waals surface area contributed by atoms with Crippen LogP contribution in [0.3, 0.4) is 0 Å². The molecule has 1 amide bonds. The van der Waals surface area contributed by atoms with Crippen molar-refractivity contribution < 1.29 is 23.9 Å². The topological polar surface area (TPSA) is 94.6 Å². The van der Waals surface area contributed by atoms with Crippen molar-refractivity contribution in [3.05, 3.63) is 34.3 Å². The number of nitrogens with zero attached hydrogens (tertiary/aromatic N) is 1. The number of aryl methyl sites for hydroxylation is 1. The van der Waals surface area contributed by atoms with Gasteiger partial charge in [0.1, 0.15) is 0 Å². The number of carbonyl (C=O) groups excluding carboxylic acids is 3. The Morgan fingerprint density at radius 1 is 1.25 bits per heavy atom. The molecule has 0 fully saturated rings. The SMILES string of the molecule is COc1cc(C(C)=O)ccc1OCCCC(=O)Nc1nc2c(s1)C(=O)CCC2. The van der Waals surface area contributed by atoms with E-state index in [-0.39, 0.29) is 23.9 Å². The fourth-order valence-electron chi connectivity index (χ4n) is 2.92. The number of thiazole rings is 1. The Bertz CT molecular complexity index is 906. The molecule has 148 valence electrons. The number of ether oxygens (including phenoxy) is 2. The van der Waals surface area contributed by atoms with Gasteiger partial charge >= 0.3 is 0 Å². The molecule has 1 heterocycles. The van der Waals surface area contributed by atoms with E-state index in [1.165, 1.54) is 25.4 Å².